The van der Waals surface area contributed by atoms with E-state index in [1.165, 1.54) is 0 Å². The van der Waals surface area contributed by atoms with E-state index in [9.17, 15) is 13.2 Å². The number of piperazine rings is 1. The van der Waals surface area contributed by atoms with Gasteiger partial charge in [0.1, 0.15) is 0 Å². The highest BCUT2D eigenvalue weighted by atomic mass is 35.5. The standard InChI is InChI=1S/C19H24F3N5O.ClH/c1-26-10-8-23-11-15(26)16-24-17(28-25-16)18(19(20,21)22)7-9-27(13-18)12-14-5-3-2-4-6-14;/h2-6,15,23H,7-13H2,1H3;1H. The molecule has 4 rings (SSSR count). The van der Waals surface area contributed by atoms with Crippen molar-refractivity contribution in [2.75, 3.05) is 39.8 Å². The van der Waals surface area contributed by atoms with E-state index < -0.39 is 11.6 Å². The maximum absolute atomic E-state index is 14.2. The first-order valence-corrected chi connectivity index (χ1v) is 9.47. The van der Waals surface area contributed by atoms with Gasteiger partial charge >= 0.3 is 6.18 Å². The van der Waals surface area contributed by atoms with Crippen LogP contribution in [0.3, 0.4) is 0 Å². The molecule has 0 spiro atoms. The van der Waals surface area contributed by atoms with E-state index >= 15 is 0 Å². The smallest absolute Gasteiger partial charge is 0.338 e. The molecule has 160 valence electrons. The molecule has 6 nitrogen and oxygen atoms in total. The normalized spacial score (nSPS) is 26.4. The van der Waals surface area contributed by atoms with Crippen LogP contribution in [0.5, 0.6) is 0 Å². The zero-order chi connectivity index (χ0) is 19.8. The number of likely N-dealkylation sites (N-methyl/N-ethyl adjacent to an activating group) is 1. The summed E-state index contributed by atoms with van der Waals surface area (Å²) < 4.78 is 47.7. The van der Waals surface area contributed by atoms with Gasteiger partial charge < -0.3 is 9.84 Å². The number of nitrogens with zero attached hydrogens (tertiary/aromatic N) is 4. The average molecular weight is 432 g/mol. The second-order valence-corrected chi connectivity index (χ2v) is 7.68. The predicted molar refractivity (Wildman–Crippen MR) is 104 cm³/mol. The van der Waals surface area contributed by atoms with Gasteiger partial charge in [-0.1, -0.05) is 35.5 Å². The lowest BCUT2D eigenvalue weighted by Gasteiger charge is -2.31. The molecule has 10 heteroatoms. The molecule has 0 amide bonds. The summed E-state index contributed by atoms with van der Waals surface area (Å²) in [6.45, 7) is 2.83. The third-order valence-electron chi connectivity index (χ3n) is 5.80. The fraction of sp³-hybridized carbons (Fsp3) is 0.579. The zero-order valence-electron chi connectivity index (χ0n) is 16.2. The van der Waals surface area contributed by atoms with Crippen LogP contribution in [0.4, 0.5) is 13.2 Å². The van der Waals surface area contributed by atoms with E-state index in [1.54, 1.807) is 4.90 Å². The van der Waals surface area contributed by atoms with Crippen LogP contribution < -0.4 is 5.32 Å². The minimum atomic E-state index is -4.46. The highest BCUT2D eigenvalue weighted by Gasteiger charge is 2.62. The second kappa shape index (κ2) is 8.59. The zero-order valence-corrected chi connectivity index (χ0v) is 17.0. The summed E-state index contributed by atoms with van der Waals surface area (Å²) in [6.07, 6.45) is -4.54. The van der Waals surface area contributed by atoms with Gasteiger partial charge in [-0.15, -0.1) is 12.4 Å². The Hall–Kier alpha value is -1.68. The molecule has 2 aromatic rings. The summed E-state index contributed by atoms with van der Waals surface area (Å²) >= 11 is 0. The van der Waals surface area contributed by atoms with Crippen LogP contribution in [-0.2, 0) is 12.0 Å². The van der Waals surface area contributed by atoms with Gasteiger partial charge in [0.05, 0.1) is 6.04 Å². The number of hydrogen-bond acceptors (Lipinski definition) is 6. The summed E-state index contributed by atoms with van der Waals surface area (Å²) in [5, 5.41) is 7.14. The number of likely N-dealkylation sites (tertiary alicyclic amines) is 1. The van der Waals surface area contributed by atoms with Crippen LogP contribution in [-0.4, -0.2) is 65.9 Å². The Morgan fingerprint density at radius 1 is 1.24 bits per heavy atom. The van der Waals surface area contributed by atoms with E-state index in [-0.39, 0.29) is 37.3 Å². The Morgan fingerprint density at radius 3 is 2.69 bits per heavy atom. The van der Waals surface area contributed by atoms with Gasteiger partial charge in [0, 0.05) is 32.7 Å². The molecule has 2 aliphatic rings. The van der Waals surface area contributed by atoms with Crippen molar-refractivity contribution in [3.8, 4) is 0 Å². The topological polar surface area (TPSA) is 57.4 Å². The number of aromatic nitrogens is 2. The minimum absolute atomic E-state index is 0. The van der Waals surface area contributed by atoms with Crippen molar-refractivity contribution in [3.05, 3.63) is 47.6 Å². The number of halogens is 4. The molecular formula is C19H25ClF3N5O. The maximum atomic E-state index is 14.2. The van der Waals surface area contributed by atoms with Crippen molar-refractivity contribution in [3.63, 3.8) is 0 Å². The van der Waals surface area contributed by atoms with Crippen molar-refractivity contribution < 1.29 is 17.7 Å². The Bertz CT molecular complexity index is 803. The Labute approximate surface area is 173 Å². The first-order chi connectivity index (χ1) is 13.4. The SMILES string of the molecule is CN1CCNCC1c1noc(C2(C(F)(F)F)CCN(Cc3ccccc3)C2)n1.Cl. The lowest BCUT2D eigenvalue weighted by Crippen LogP contribution is -2.45. The van der Waals surface area contributed by atoms with Crippen LogP contribution in [0.15, 0.2) is 34.9 Å². The molecule has 0 saturated carbocycles. The molecule has 0 radical (unpaired) electrons. The fourth-order valence-electron chi connectivity index (χ4n) is 4.05. The van der Waals surface area contributed by atoms with Gasteiger partial charge in [-0.25, -0.2) is 0 Å². The van der Waals surface area contributed by atoms with Crippen LogP contribution in [0.1, 0.15) is 29.7 Å². The minimum Gasteiger partial charge on any atom is -0.338 e. The van der Waals surface area contributed by atoms with Crippen molar-refractivity contribution in [1.82, 2.24) is 25.3 Å². The van der Waals surface area contributed by atoms with Crippen LogP contribution in [0.25, 0.3) is 0 Å². The van der Waals surface area contributed by atoms with Gasteiger partial charge in [-0.2, -0.15) is 18.2 Å². The Kier molecular flexibility index (Phi) is 6.52. The summed E-state index contributed by atoms with van der Waals surface area (Å²) in [6, 6.07) is 9.33. The third kappa shape index (κ3) is 4.28. The second-order valence-electron chi connectivity index (χ2n) is 7.68. The molecule has 0 aliphatic carbocycles. The van der Waals surface area contributed by atoms with E-state index in [0.717, 1.165) is 18.7 Å². The maximum Gasteiger partial charge on any atom is 0.404 e. The van der Waals surface area contributed by atoms with Gasteiger partial charge in [0.2, 0.25) is 5.89 Å². The molecule has 1 N–H and O–H groups in total. The van der Waals surface area contributed by atoms with Gasteiger partial charge in [-0.05, 0) is 25.6 Å². The summed E-state index contributed by atoms with van der Waals surface area (Å²) in [4.78, 5) is 8.08. The fourth-order valence-corrected chi connectivity index (χ4v) is 4.05. The van der Waals surface area contributed by atoms with Crippen LogP contribution in [0.2, 0.25) is 0 Å². The molecule has 2 unspecified atom stereocenters. The van der Waals surface area contributed by atoms with E-state index in [0.29, 0.717) is 25.5 Å². The molecule has 3 heterocycles. The first kappa shape index (κ1) is 22.0. The molecule has 2 fully saturated rings. The highest BCUT2D eigenvalue weighted by molar-refractivity contribution is 5.85. The van der Waals surface area contributed by atoms with Gasteiger partial charge in [-0.3, -0.25) is 9.80 Å². The van der Waals surface area contributed by atoms with Crippen LogP contribution in [0, 0.1) is 0 Å². The average Bonchev–Trinajstić information content (AvgIpc) is 3.30. The molecule has 1 aromatic heterocycles. The molecular weight excluding hydrogens is 407 g/mol. The largest absolute Gasteiger partial charge is 0.404 e. The molecule has 1 aromatic carbocycles. The first-order valence-electron chi connectivity index (χ1n) is 9.47. The number of hydrogen-bond donors (Lipinski definition) is 1. The number of benzene rings is 1. The van der Waals surface area contributed by atoms with E-state index in [2.05, 4.69) is 15.5 Å². The summed E-state index contributed by atoms with van der Waals surface area (Å²) in [5.74, 6) is -0.000584. The third-order valence-corrected chi connectivity index (χ3v) is 5.80. The molecule has 2 atom stereocenters. The Balaban J connectivity index is 0.00000240. The van der Waals surface area contributed by atoms with Gasteiger partial charge in [0.15, 0.2) is 11.2 Å². The molecule has 2 aliphatic heterocycles. The quantitative estimate of drug-likeness (QED) is 0.803. The lowest BCUT2D eigenvalue weighted by molar-refractivity contribution is -0.193. The molecule has 29 heavy (non-hydrogen) atoms. The monoisotopic (exact) mass is 431 g/mol. The number of alkyl halides is 3. The van der Waals surface area contributed by atoms with Crippen LogP contribution >= 0.6 is 12.4 Å². The number of rotatable bonds is 4. The molecule has 2 saturated heterocycles. The van der Waals surface area contributed by atoms with Crippen molar-refractivity contribution in [2.24, 2.45) is 0 Å². The predicted octanol–water partition coefficient (Wildman–Crippen LogP) is 2.77. The van der Waals surface area contributed by atoms with Crippen molar-refractivity contribution in [1.29, 1.82) is 0 Å². The highest BCUT2D eigenvalue weighted by Crippen LogP contribution is 2.47. The lowest BCUT2D eigenvalue weighted by atomic mass is 9.86. The van der Waals surface area contributed by atoms with E-state index in [4.69, 9.17) is 4.52 Å². The molecule has 0 bridgehead atoms. The van der Waals surface area contributed by atoms with Crippen molar-refractivity contribution in [2.45, 2.75) is 30.6 Å². The van der Waals surface area contributed by atoms with Crippen molar-refractivity contribution >= 4 is 12.4 Å². The van der Waals surface area contributed by atoms with Gasteiger partial charge in [0.25, 0.3) is 0 Å². The summed E-state index contributed by atoms with van der Waals surface area (Å²) in [5.41, 5.74) is -1.13. The summed E-state index contributed by atoms with van der Waals surface area (Å²) in [7, 11) is 1.91. The van der Waals surface area contributed by atoms with E-state index in [1.807, 2.05) is 42.3 Å². The number of nitrogens with one attached hydrogen (secondary N) is 1. The Morgan fingerprint density at radius 2 is 2.00 bits per heavy atom.